The van der Waals surface area contributed by atoms with Gasteiger partial charge in [-0.1, -0.05) is 0 Å². The maximum Gasteiger partial charge on any atom is 0.243 e. The minimum Gasteiger partial charge on any atom is -0.497 e. The van der Waals surface area contributed by atoms with Crippen LogP contribution in [-0.2, 0) is 10.0 Å². The molecule has 2 aromatic carbocycles. The number of nitrogens with zero attached hydrogens (tertiary/aromatic N) is 4. The zero-order valence-electron chi connectivity index (χ0n) is 18.0. The standard InChI is InChI=1S/C21H19F2N5O5S/c1-31-14-4-6-17(32-2)15(12-14)21-26-25-19-7-8-20(27-28(19)21)33-10-9-24-34(29,30)18-11-13(22)3-5-16(18)23/h3-8,11-12,24H,9-10H2,1-2H3. The fourth-order valence-electron chi connectivity index (χ4n) is 3.10. The fourth-order valence-corrected chi connectivity index (χ4v) is 4.20. The van der Waals surface area contributed by atoms with E-state index in [9.17, 15) is 17.2 Å². The van der Waals surface area contributed by atoms with Gasteiger partial charge in [0.2, 0.25) is 15.9 Å². The average Bonchev–Trinajstić information content (AvgIpc) is 3.26. The maximum atomic E-state index is 13.8. The number of rotatable bonds is 9. The maximum absolute atomic E-state index is 13.8. The molecule has 178 valence electrons. The topological polar surface area (TPSA) is 117 Å². The summed E-state index contributed by atoms with van der Waals surface area (Å²) in [5.74, 6) is -0.280. The lowest BCUT2D eigenvalue weighted by molar-refractivity contribution is 0.305. The number of hydrogen-bond acceptors (Lipinski definition) is 8. The van der Waals surface area contributed by atoms with E-state index in [-0.39, 0.29) is 19.0 Å². The van der Waals surface area contributed by atoms with Crippen LogP contribution in [0.25, 0.3) is 17.0 Å². The summed E-state index contributed by atoms with van der Waals surface area (Å²) in [6, 6.07) is 10.5. The molecule has 0 aliphatic heterocycles. The number of aromatic nitrogens is 4. The number of halogens is 2. The van der Waals surface area contributed by atoms with Crippen LogP contribution in [0.2, 0.25) is 0 Å². The molecular formula is C21H19F2N5O5S. The molecular weight excluding hydrogens is 472 g/mol. The molecule has 0 saturated carbocycles. The first-order valence-corrected chi connectivity index (χ1v) is 11.3. The molecule has 0 saturated heterocycles. The Morgan fingerprint density at radius 3 is 2.59 bits per heavy atom. The molecule has 1 N–H and O–H groups in total. The van der Waals surface area contributed by atoms with Gasteiger partial charge in [-0.3, -0.25) is 0 Å². The number of nitrogens with one attached hydrogen (secondary N) is 1. The Morgan fingerprint density at radius 1 is 1.00 bits per heavy atom. The second kappa shape index (κ2) is 9.57. The Bertz CT molecular complexity index is 1450. The second-order valence-corrected chi connectivity index (χ2v) is 8.59. The Labute approximate surface area is 193 Å². The number of hydrogen-bond donors (Lipinski definition) is 1. The third kappa shape index (κ3) is 4.75. The first-order valence-electron chi connectivity index (χ1n) is 9.85. The van der Waals surface area contributed by atoms with E-state index in [0.717, 1.165) is 12.1 Å². The van der Waals surface area contributed by atoms with E-state index < -0.39 is 26.6 Å². The highest BCUT2D eigenvalue weighted by molar-refractivity contribution is 7.89. The zero-order valence-corrected chi connectivity index (χ0v) is 18.8. The van der Waals surface area contributed by atoms with Gasteiger partial charge in [-0.05, 0) is 42.5 Å². The van der Waals surface area contributed by atoms with E-state index in [1.54, 1.807) is 24.3 Å². The third-order valence-electron chi connectivity index (χ3n) is 4.71. The van der Waals surface area contributed by atoms with Crippen molar-refractivity contribution in [3.63, 3.8) is 0 Å². The van der Waals surface area contributed by atoms with Crippen LogP contribution in [-0.4, -0.2) is 55.6 Å². The molecule has 2 aromatic heterocycles. The Balaban J connectivity index is 1.50. The highest BCUT2D eigenvalue weighted by atomic mass is 32.2. The summed E-state index contributed by atoms with van der Waals surface area (Å²) in [6.07, 6.45) is 0. The highest BCUT2D eigenvalue weighted by Gasteiger charge is 2.20. The van der Waals surface area contributed by atoms with Gasteiger partial charge in [-0.25, -0.2) is 21.9 Å². The smallest absolute Gasteiger partial charge is 0.243 e. The largest absolute Gasteiger partial charge is 0.497 e. The van der Waals surface area contributed by atoms with E-state index in [1.807, 2.05) is 0 Å². The van der Waals surface area contributed by atoms with Crippen molar-refractivity contribution in [2.24, 2.45) is 0 Å². The van der Waals surface area contributed by atoms with Crippen molar-refractivity contribution >= 4 is 15.7 Å². The van der Waals surface area contributed by atoms with Crippen LogP contribution >= 0.6 is 0 Å². The minimum atomic E-state index is -4.27. The summed E-state index contributed by atoms with van der Waals surface area (Å²) in [5, 5.41) is 12.6. The molecule has 13 heteroatoms. The van der Waals surface area contributed by atoms with Crippen LogP contribution in [0.3, 0.4) is 0 Å². The van der Waals surface area contributed by atoms with E-state index in [0.29, 0.717) is 34.6 Å². The van der Waals surface area contributed by atoms with Crippen molar-refractivity contribution in [2.45, 2.75) is 4.90 Å². The number of sulfonamides is 1. The number of ether oxygens (including phenoxy) is 3. The molecule has 0 radical (unpaired) electrons. The monoisotopic (exact) mass is 491 g/mol. The van der Waals surface area contributed by atoms with Crippen LogP contribution < -0.4 is 18.9 Å². The molecule has 34 heavy (non-hydrogen) atoms. The zero-order chi connectivity index (χ0) is 24.3. The molecule has 0 amide bonds. The van der Waals surface area contributed by atoms with Gasteiger partial charge in [-0.15, -0.1) is 15.3 Å². The number of methoxy groups -OCH3 is 2. The van der Waals surface area contributed by atoms with Gasteiger partial charge >= 0.3 is 0 Å². The van der Waals surface area contributed by atoms with Crippen LogP contribution in [0.5, 0.6) is 17.4 Å². The second-order valence-electron chi connectivity index (χ2n) is 6.85. The summed E-state index contributed by atoms with van der Waals surface area (Å²) < 4.78 is 71.4. The van der Waals surface area contributed by atoms with Crippen molar-refractivity contribution in [2.75, 3.05) is 27.4 Å². The SMILES string of the molecule is COc1ccc(OC)c(-c2nnc3ccc(OCCNS(=O)(=O)c4cc(F)ccc4F)nn23)c1. The summed E-state index contributed by atoms with van der Waals surface area (Å²) in [6.45, 7) is -0.342. The van der Waals surface area contributed by atoms with Crippen molar-refractivity contribution in [3.8, 4) is 28.8 Å². The molecule has 0 unspecified atom stereocenters. The van der Waals surface area contributed by atoms with Crippen LogP contribution in [0.4, 0.5) is 8.78 Å². The van der Waals surface area contributed by atoms with Crippen molar-refractivity contribution in [1.29, 1.82) is 0 Å². The number of benzene rings is 2. The average molecular weight is 491 g/mol. The summed E-state index contributed by atoms with van der Waals surface area (Å²) >= 11 is 0. The van der Waals surface area contributed by atoms with Gasteiger partial charge in [0.1, 0.15) is 34.6 Å². The molecule has 10 nitrogen and oxygen atoms in total. The van der Waals surface area contributed by atoms with Gasteiger partial charge in [-0.2, -0.15) is 4.52 Å². The molecule has 2 heterocycles. The molecule has 0 atom stereocenters. The highest BCUT2D eigenvalue weighted by Crippen LogP contribution is 2.32. The third-order valence-corrected chi connectivity index (χ3v) is 6.19. The lowest BCUT2D eigenvalue weighted by atomic mass is 10.2. The summed E-state index contributed by atoms with van der Waals surface area (Å²) in [4.78, 5) is -0.784. The quantitative estimate of drug-likeness (QED) is 0.355. The van der Waals surface area contributed by atoms with E-state index in [4.69, 9.17) is 14.2 Å². The van der Waals surface area contributed by atoms with Crippen LogP contribution in [0.15, 0.2) is 53.4 Å². The molecule has 0 aliphatic carbocycles. The Kier molecular flexibility index (Phi) is 6.56. The molecule has 4 rings (SSSR count). The molecule has 0 bridgehead atoms. The molecule has 0 aliphatic rings. The fraction of sp³-hybridized carbons (Fsp3) is 0.190. The van der Waals surface area contributed by atoms with E-state index in [2.05, 4.69) is 20.0 Å². The molecule has 0 spiro atoms. The summed E-state index contributed by atoms with van der Waals surface area (Å²) in [7, 11) is -1.21. The molecule has 4 aromatic rings. The van der Waals surface area contributed by atoms with E-state index >= 15 is 0 Å². The van der Waals surface area contributed by atoms with E-state index in [1.165, 1.54) is 24.8 Å². The van der Waals surface area contributed by atoms with Crippen LogP contribution in [0, 0.1) is 11.6 Å². The predicted molar refractivity (Wildman–Crippen MR) is 116 cm³/mol. The van der Waals surface area contributed by atoms with Crippen molar-refractivity contribution in [3.05, 3.63) is 60.2 Å². The van der Waals surface area contributed by atoms with Gasteiger partial charge in [0.15, 0.2) is 11.5 Å². The van der Waals surface area contributed by atoms with Gasteiger partial charge in [0, 0.05) is 12.6 Å². The number of fused-ring (bicyclic) bond motifs is 1. The van der Waals surface area contributed by atoms with Crippen molar-refractivity contribution < 1.29 is 31.4 Å². The van der Waals surface area contributed by atoms with Crippen molar-refractivity contribution in [1.82, 2.24) is 24.5 Å². The lowest BCUT2D eigenvalue weighted by Gasteiger charge is -2.10. The Hall–Kier alpha value is -3.84. The van der Waals surface area contributed by atoms with Crippen LogP contribution in [0.1, 0.15) is 0 Å². The Morgan fingerprint density at radius 2 is 1.82 bits per heavy atom. The van der Waals surface area contributed by atoms with Gasteiger partial charge in [0.25, 0.3) is 0 Å². The van der Waals surface area contributed by atoms with Gasteiger partial charge < -0.3 is 14.2 Å². The van der Waals surface area contributed by atoms with Gasteiger partial charge in [0.05, 0.1) is 19.8 Å². The predicted octanol–water partition coefficient (Wildman–Crippen LogP) is 2.44. The normalized spacial score (nSPS) is 11.5. The lowest BCUT2D eigenvalue weighted by Crippen LogP contribution is -2.29. The summed E-state index contributed by atoms with van der Waals surface area (Å²) in [5.41, 5.74) is 1.03. The minimum absolute atomic E-state index is 0.130. The first kappa shape index (κ1) is 23.3. The molecule has 0 fully saturated rings. The first-order chi connectivity index (χ1) is 16.3.